The van der Waals surface area contributed by atoms with E-state index in [9.17, 15) is 9.59 Å². The molecule has 1 aromatic carbocycles. The lowest BCUT2D eigenvalue weighted by atomic mass is 9.97. The highest BCUT2D eigenvalue weighted by molar-refractivity contribution is 6.13. The van der Waals surface area contributed by atoms with Crippen LogP contribution in [0, 0.1) is 12.3 Å². The zero-order valence-electron chi connectivity index (χ0n) is 15.5. The summed E-state index contributed by atoms with van der Waals surface area (Å²) in [4.78, 5) is 29.5. The molecule has 0 bridgehead atoms. The van der Waals surface area contributed by atoms with Crippen LogP contribution in [0.5, 0.6) is 0 Å². The molecule has 1 saturated carbocycles. The Morgan fingerprint density at radius 1 is 1.12 bits per heavy atom. The number of nitrogens with zero attached hydrogens (tertiary/aromatic N) is 1. The number of amides is 2. The summed E-state index contributed by atoms with van der Waals surface area (Å²) < 4.78 is 0. The molecule has 0 saturated heterocycles. The highest BCUT2D eigenvalue weighted by Gasteiger charge is 2.56. The highest BCUT2D eigenvalue weighted by atomic mass is 16.2. The topological polar surface area (TPSA) is 71.1 Å². The first kappa shape index (κ1) is 18.1. The van der Waals surface area contributed by atoms with Gasteiger partial charge in [-0.15, -0.1) is 0 Å². The number of nitrogens with one attached hydrogen (secondary N) is 2. The molecule has 1 aliphatic carbocycles. The van der Waals surface area contributed by atoms with E-state index in [2.05, 4.69) is 29.5 Å². The summed E-state index contributed by atoms with van der Waals surface area (Å²) in [5, 5.41) is 5.93. The van der Waals surface area contributed by atoms with Gasteiger partial charge >= 0.3 is 0 Å². The van der Waals surface area contributed by atoms with Crippen LogP contribution in [0.2, 0.25) is 0 Å². The van der Waals surface area contributed by atoms with Gasteiger partial charge in [-0.25, -0.2) is 0 Å². The number of anilines is 1. The maximum atomic E-state index is 12.9. The molecule has 0 atom stereocenters. The molecule has 5 nitrogen and oxygen atoms in total. The first-order chi connectivity index (χ1) is 12.4. The predicted octanol–water partition coefficient (Wildman–Crippen LogP) is 3.55. The third kappa shape index (κ3) is 3.62. The van der Waals surface area contributed by atoms with Gasteiger partial charge in [0.15, 0.2) is 0 Å². The second-order valence-electron chi connectivity index (χ2n) is 7.27. The van der Waals surface area contributed by atoms with Gasteiger partial charge in [0.2, 0.25) is 11.8 Å². The fourth-order valence-electron chi connectivity index (χ4n) is 3.11. The minimum atomic E-state index is -0.941. The molecule has 1 aromatic heterocycles. The molecule has 0 radical (unpaired) electrons. The molecule has 0 aliphatic heterocycles. The first-order valence-corrected chi connectivity index (χ1v) is 9.02. The highest BCUT2D eigenvalue weighted by Crippen LogP contribution is 2.47. The van der Waals surface area contributed by atoms with E-state index >= 15 is 0 Å². The number of aryl methyl sites for hydroxylation is 1. The summed E-state index contributed by atoms with van der Waals surface area (Å²) in [6, 6.07) is 9.69. The molecule has 0 spiro atoms. The zero-order chi connectivity index (χ0) is 18.7. The number of benzene rings is 1. The van der Waals surface area contributed by atoms with E-state index < -0.39 is 5.41 Å². The molecule has 1 fully saturated rings. The van der Waals surface area contributed by atoms with Gasteiger partial charge in [0, 0.05) is 24.6 Å². The summed E-state index contributed by atoms with van der Waals surface area (Å²) in [5.74, 6) is -0.117. The van der Waals surface area contributed by atoms with Gasteiger partial charge in [0.25, 0.3) is 0 Å². The van der Waals surface area contributed by atoms with Crippen molar-refractivity contribution in [3.05, 3.63) is 59.4 Å². The van der Waals surface area contributed by atoms with Crippen LogP contribution in [0.15, 0.2) is 42.7 Å². The zero-order valence-corrected chi connectivity index (χ0v) is 15.5. The fraction of sp³-hybridized carbons (Fsp3) is 0.381. The van der Waals surface area contributed by atoms with Crippen LogP contribution in [0.4, 0.5) is 5.69 Å². The number of hydrogen-bond acceptors (Lipinski definition) is 3. The molecule has 2 N–H and O–H groups in total. The Morgan fingerprint density at radius 2 is 1.81 bits per heavy atom. The Bertz CT molecular complexity index is 811. The van der Waals surface area contributed by atoms with Crippen molar-refractivity contribution in [2.75, 3.05) is 5.32 Å². The summed E-state index contributed by atoms with van der Waals surface area (Å²) >= 11 is 0. The Labute approximate surface area is 154 Å². The number of rotatable bonds is 6. The van der Waals surface area contributed by atoms with Crippen LogP contribution in [0.25, 0.3) is 0 Å². The lowest BCUT2D eigenvalue weighted by Crippen LogP contribution is -2.40. The number of para-hydroxylation sites is 1. The van der Waals surface area contributed by atoms with Crippen molar-refractivity contribution >= 4 is 17.5 Å². The van der Waals surface area contributed by atoms with Crippen molar-refractivity contribution in [1.82, 2.24) is 10.3 Å². The molecule has 1 heterocycles. The summed E-state index contributed by atoms with van der Waals surface area (Å²) in [5.41, 5.74) is 2.96. The minimum absolute atomic E-state index is 0.202. The standard InChI is InChI=1S/C21H25N3O2/c1-14(2)17-6-4-5-15(3)18(17)24-20(26)21(9-10-21)19(25)23-13-16-7-11-22-12-8-16/h4-8,11-12,14H,9-10,13H2,1-3H3,(H,23,25)(H,24,26). The van der Waals surface area contributed by atoms with Crippen LogP contribution in [-0.2, 0) is 16.1 Å². The van der Waals surface area contributed by atoms with Crippen molar-refractivity contribution in [1.29, 1.82) is 0 Å². The van der Waals surface area contributed by atoms with Crippen molar-refractivity contribution < 1.29 is 9.59 Å². The third-order valence-corrected chi connectivity index (χ3v) is 4.99. The maximum Gasteiger partial charge on any atom is 0.240 e. The van der Waals surface area contributed by atoms with Gasteiger partial charge in [0.1, 0.15) is 5.41 Å². The second kappa shape index (κ2) is 7.28. The van der Waals surface area contributed by atoms with Gasteiger partial charge in [-0.2, -0.15) is 0 Å². The minimum Gasteiger partial charge on any atom is -0.351 e. The van der Waals surface area contributed by atoms with Crippen LogP contribution in [0.1, 0.15) is 49.3 Å². The largest absolute Gasteiger partial charge is 0.351 e. The van der Waals surface area contributed by atoms with E-state index in [-0.39, 0.29) is 11.8 Å². The molecule has 26 heavy (non-hydrogen) atoms. The molecule has 2 aromatic rings. The van der Waals surface area contributed by atoms with Crippen LogP contribution < -0.4 is 10.6 Å². The van der Waals surface area contributed by atoms with Gasteiger partial charge in [0.05, 0.1) is 0 Å². The second-order valence-corrected chi connectivity index (χ2v) is 7.27. The average molecular weight is 351 g/mol. The van der Waals surface area contributed by atoms with E-state index in [4.69, 9.17) is 0 Å². The summed E-state index contributed by atoms with van der Waals surface area (Å²) in [6.45, 7) is 6.57. The Morgan fingerprint density at radius 3 is 2.42 bits per heavy atom. The third-order valence-electron chi connectivity index (χ3n) is 4.99. The monoisotopic (exact) mass is 351 g/mol. The molecular formula is C21H25N3O2. The summed E-state index contributed by atoms with van der Waals surface area (Å²) in [6.07, 6.45) is 4.55. The molecular weight excluding hydrogens is 326 g/mol. The van der Waals surface area contributed by atoms with Gasteiger partial charge in [-0.05, 0) is 54.5 Å². The summed E-state index contributed by atoms with van der Waals surface area (Å²) in [7, 11) is 0. The molecule has 5 heteroatoms. The van der Waals surface area contributed by atoms with Crippen molar-refractivity contribution in [2.24, 2.45) is 5.41 Å². The Hall–Kier alpha value is -2.69. The molecule has 3 rings (SSSR count). The number of carbonyl (C=O) groups is 2. The lowest BCUT2D eigenvalue weighted by Gasteiger charge is -2.20. The van der Waals surface area contributed by atoms with Gasteiger partial charge in [-0.1, -0.05) is 32.0 Å². The van der Waals surface area contributed by atoms with Gasteiger partial charge < -0.3 is 10.6 Å². The SMILES string of the molecule is Cc1cccc(C(C)C)c1NC(=O)C1(C(=O)NCc2ccncc2)CC1. The Balaban J connectivity index is 1.71. The van der Waals surface area contributed by atoms with Crippen LogP contribution in [0.3, 0.4) is 0 Å². The lowest BCUT2D eigenvalue weighted by molar-refractivity contribution is -0.134. The smallest absolute Gasteiger partial charge is 0.240 e. The first-order valence-electron chi connectivity index (χ1n) is 9.02. The number of hydrogen-bond donors (Lipinski definition) is 2. The van der Waals surface area contributed by atoms with E-state index in [0.717, 1.165) is 22.4 Å². The van der Waals surface area contributed by atoms with E-state index in [1.165, 1.54) is 0 Å². The quantitative estimate of drug-likeness (QED) is 0.782. The van der Waals surface area contributed by atoms with E-state index in [1.54, 1.807) is 12.4 Å². The molecule has 0 unspecified atom stereocenters. The van der Waals surface area contributed by atoms with E-state index in [1.807, 2.05) is 37.3 Å². The molecule has 136 valence electrons. The molecule has 2 amide bonds. The van der Waals surface area contributed by atoms with Gasteiger partial charge in [-0.3, -0.25) is 14.6 Å². The predicted molar refractivity (Wildman–Crippen MR) is 102 cm³/mol. The Kier molecular flexibility index (Phi) is 5.07. The molecule has 1 aliphatic rings. The average Bonchev–Trinajstić information content (AvgIpc) is 3.44. The number of carbonyl (C=O) groups excluding carboxylic acids is 2. The fourth-order valence-corrected chi connectivity index (χ4v) is 3.11. The van der Waals surface area contributed by atoms with Crippen molar-refractivity contribution in [3.63, 3.8) is 0 Å². The normalized spacial score (nSPS) is 14.8. The van der Waals surface area contributed by atoms with E-state index in [0.29, 0.717) is 25.3 Å². The van der Waals surface area contributed by atoms with Crippen LogP contribution in [-0.4, -0.2) is 16.8 Å². The maximum absolute atomic E-state index is 12.9. The number of pyridine rings is 1. The van der Waals surface area contributed by atoms with Crippen molar-refractivity contribution in [2.45, 2.75) is 46.1 Å². The van der Waals surface area contributed by atoms with Crippen LogP contribution >= 0.6 is 0 Å². The number of aromatic nitrogens is 1. The van der Waals surface area contributed by atoms with Crippen molar-refractivity contribution in [3.8, 4) is 0 Å².